The number of benzene rings is 1. The highest BCUT2D eigenvalue weighted by Crippen LogP contribution is 2.31. The first kappa shape index (κ1) is 23.2. The molecule has 0 unspecified atom stereocenters. The van der Waals surface area contributed by atoms with Gasteiger partial charge >= 0.3 is 6.18 Å². The number of hydrogen-bond acceptors (Lipinski definition) is 3. The zero-order chi connectivity index (χ0) is 21.6. The molecule has 0 saturated carbocycles. The molecule has 1 N–H and O–H groups in total. The highest BCUT2D eigenvalue weighted by molar-refractivity contribution is 5.96. The molecule has 0 radical (unpaired) electrons. The van der Waals surface area contributed by atoms with E-state index in [0.29, 0.717) is 12.1 Å². The number of halogens is 3. The van der Waals surface area contributed by atoms with E-state index >= 15 is 0 Å². The molecule has 1 amide bonds. The third-order valence-corrected chi connectivity index (χ3v) is 5.29. The molecule has 160 valence electrons. The van der Waals surface area contributed by atoms with Crippen molar-refractivity contribution in [1.29, 1.82) is 0 Å². The van der Waals surface area contributed by atoms with Crippen LogP contribution < -0.4 is 5.32 Å². The van der Waals surface area contributed by atoms with E-state index in [9.17, 15) is 18.0 Å². The van der Waals surface area contributed by atoms with Gasteiger partial charge in [0.1, 0.15) is 0 Å². The first-order valence-electron chi connectivity index (χ1n) is 9.85. The Bertz CT molecular complexity index is 776. The molecule has 1 aliphatic rings. The van der Waals surface area contributed by atoms with E-state index in [2.05, 4.69) is 15.1 Å². The number of likely N-dealkylation sites (N-methyl/N-ethyl adjacent to an activating group) is 1. The van der Waals surface area contributed by atoms with E-state index in [0.717, 1.165) is 37.3 Å². The van der Waals surface area contributed by atoms with Crippen molar-refractivity contribution in [2.75, 3.05) is 39.8 Å². The van der Waals surface area contributed by atoms with E-state index in [1.54, 1.807) is 18.2 Å². The molecule has 0 bridgehead atoms. The summed E-state index contributed by atoms with van der Waals surface area (Å²) >= 11 is 0. The average molecular weight is 409 g/mol. The summed E-state index contributed by atoms with van der Waals surface area (Å²) in [7, 11) is 2.04. The number of nitrogens with one attached hydrogen (secondary N) is 1. The van der Waals surface area contributed by atoms with Crippen LogP contribution in [0.3, 0.4) is 0 Å². The van der Waals surface area contributed by atoms with Crippen molar-refractivity contribution < 1.29 is 18.0 Å². The zero-order valence-electron chi connectivity index (χ0n) is 17.6. The van der Waals surface area contributed by atoms with Crippen molar-refractivity contribution >= 4 is 5.91 Å². The van der Waals surface area contributed by atoms with Crippen molar-refractivity contribution in [3.8, 4) is 0 Å². The van der Waals surface area contributed by atoms with E-state index in [1.165, 1.54) is 19.1 Å². The molecule has 1 aliphatic heterocycles. The molecule has 1 heterocycles. The number of hydrogen-bond donors (Lipinski definition) is 1. The largest absolute Gasteiger partial charge is 0.418 e. The molecule has 7 heteroatoms. The Labute approximate surface area is 171 Å². The van der Waals surface area contributed by atoms with Gasteiger partial charge in [-0.05, 0) is 57.5 Å². The quantitative estimate of drug-likeness (QED) is 0.720. The number of allylic oxidation sites excluding steroid dienone is 2. The van der Waals surface area contributed by atoms with Crippen molar-refractivity contribution in [3.05, 3.63) is 58.3 Å². The van der Waals surface area contributed by atoms with Gasteiger partial charge in [-0.3, -0.25) is 4.79 Å². The Morgan fingerprint density at radius 3 is 2.34 bits per heavy atom. The number of carbonyl (C=O) groups is 1. The Morgan fingerprint density at radius 1 is 1.14 bits per heavy atom. The van der Waals surface area contributed by atoms with Gasteiger partial charge in [0.15, 0.2) is 0 Å². The topological polar surface area (TPSA) is 35.6 Å². The van der Waals surface area contributed by atoms with Crippen LogP contribution in [0.2, 0.25) is 0 Å². The minimum absolute atomic E-state index is 0.209. The number of carbonyl (C=O) groups excluding carboxylic acids is 1. The summed E-state index contributed by atoms with van der Waals surface area (Å²) in [5, 5.41) is 2.44. The molecule has 1 saturated heterocycles. The number of alkyl halides is 3. The van der Waals surface area contributed by atoms with Crippen molar-refractivity contribution in [3.63, 3.8) is 0 Å². The van der Waals surface area contributed by atoms with Crippen molar-refractivity contribution in [2.24, 2.45) is 0 Å². The van der Waals surface area contributed by atoms with Crippen LogP contribution >= 0.6 is 0 Å². The van der Waals surface area contributed by atoms with Gasteiger partial charge in [0.25, 0.3) is 5.91 Å². The Morgan fingerprint density at radius 2 is 1.79 bits per heavy atom. The second-order valence-corrected chi connectivity index (χ2v) is 7.50. The fraction of sp³-hybridized carbons (Fsp3) is 0.500. The van der Waals surface area contributed by atoms with Gasteiger partial charge in [-0.2, -0.15) is 13.2 Å². The molecule has 0 aromatic heterocycles. The number of aryl methyl sites for hydroxylation is 2. The maximum Gasteiger partial charge on any atom is 0.418 e. The van der Waals surface area contributed by atoms with Crippen LogP contribution in [0.5, 0.6) is 0 Å². The summed E-state index contributed by atoms with van der Waals surface area (Å²) in [6.07, 6.45) is -1.78. The summed E-state index contributed by atoms with van der Waals surface area (Å²) in [5.74, 6) is -0.546. The maximum atomic E-state index is 13.7. The van der Waals surface area contributed by atoms with Crippen LogP contribution in [0.15, 0.2) is 41.6 Å². The number of rotatable bonds is 6. The maximum absolute atomic E-state index is 13.7. The minimum Gasteiger partial charge on any atom is -0.322 e. The van der Waals surface area contributed by atoms with E-state index in [1.807, 2.05) is 20.9 Å². The molecular formula is C22H30F3N3O. The summed E-state index contributed by atoms with van der Waals surface area (Å²) in [6, 6.07) is 5.09. The van der Waals surface area contributed by atoms with Crippen molar-refractivity contribution in [1.82, 2.24) is 15.1 Å². The molecule has 0 spiro atoms. The number of nitrogens with zero attached hydrogens (tertiary/aromatic N) is 2. The lowest BCUT2D eigenvalue weighted by Gasteiger charge is -2.32. The predicted octanol–water partition coefficient (Wildman–Crippen LogP) is 4.06. The Hall–Kier alpha value is -2.12. The first-order chi connectivity index (χ1) is 13.6. The van der Waals surface area contributed by atoms with Gasteiger partial charge in [-0.15, -0.1) is 0 Å². The zero-order valence-corrected chi connectivity index (χ0v) is 17.6. The van der Waals surface area contributed by atoms with Crippen LogP contribution in [0.1, 0.15) is 34.8 Å². The highest BCUT2D eigenvalue weighted by Gasteiger charge is 2.36. The van der Waals surface area contributed by atoms with Gasteiger partial charge in [0, 0.05) is 44.0 Å². The Kier molecular flexibility index (Phi) is 8.05. The molecule has 2 rings (SSSR count). The molecule has 1 fully saturated rings. The normalized spacial score (nSPS) is 17.5. The third-order valence-electron chi connectivity index (χ3n) is 5.29. The smallest absolute Gasteiger partial charge is 0.322 e. The van der Waals surface area contributed by atoms with Crippen LogP contribution in [-0.4, -0.2) is 61.7 Å². The fourth-order valence-electron chi connectivity index (χ4n) is 3.21. The van der Waals surface area contributed by atoms with Crippen LogP contribution in [0.4, 0.5) is 13.2 Å². The molecule has 0 aliphatic carbocycles. The fourth-order valence-corrected chi connectivity index (χ4v) is 3.21. The summed E-state index contributed by atoms with van der Waals surface area (Å²) in [6.45, 7) is 9.38. The van der Waals surface area contributed by atoms with Gasteiger partial charge in [-0.25, -0.2) is 0 Å². The number of piperazine rings is 1. The lowest BCUT2D eigenvalue weighted by Crippen LogP contribution is -2.44. The minimum atomic E-state index is -4.54. The molecule has 1 aromatic rings. The molecular weight excluding hydrogens is 379 g/mol. The van der Waals surface area contributed by atoms with Gasteiger partial charge in [-0.1, -0.05) is 18.2 Å². The molecule has 4 nitrogen and oxygen atoms in total. The third kappa shape index (κ3) is 6.72. The summed E-state index contributed by atoms with van der Waals surface area (Å²) in [4.78, 5) is 16.9. The van der Waals surface area contributed by atoms with Crippen LogP contribution in [0, 0.1) is 13.8 Å². The monoisotopic (exact) mass is 409 g/mol. The SMILES string of the molecule is C/C=C(NC(=O)c1ccc(C)c(C)c1)\C(=C/CCN1CCN(C)CC1)C(F)(F)F. The highest BCUT2D eigenvalue weighted by atomic mass is 19.4. The van der Waals surface area contributed by atoms with E-state index in [4.69, 9.17) is 0 Å². The molecule has 0 atom stereocenters. The summed E-state index contributed by atoms with van der Waals surface area (Å²) in [5.41, 5.74) is 1.27. The second-order valence-electron chi connectivity index (χ2n) is 7.50. The van der Waals surface area contributed by atoms with E-state index < -0.39 is 17.7 Å². The van der Waals surface area contributed by atoms with E-state index in [-0.39, 0.29) is 12.1 Å². The van der Waals surface area contributed by atoms with Gasteiger partial charge in [0.05, 0.1) is 5.57 Å². The first-order valence-corrected chi connectivity index (χ1v) is 9.85. The van der Waals surface area contributed by atoms with Crippen molar-refractivity contribution in [2.45, 2.75) is 33.4 Å². The predicted molar refractivity (Wildman–Crippen MR) is 110 cm³/mol. The van der Waals surface area contributed by atoms with Crippen LogP contribution in [-0.2, 0) is 0 Å². The molecule has 29 heavy (non-hydrogen) atoms. The Balaban J connectivity index is 2.10. The van der Waals surface area contributed by atoms with Gasteiger partial charge in [0.2, 0.25) is 0 Å². The second kappa shape index (κ2) is 10.1. The lowest BCUT2D eigenvalue weighted by atomic mass is 10.0. The van der Waals surface area contributed by atoms with Gasteiger partial charge < -0.3 is 15.1 Å². The van der Waals surface area contributed by atoms with Crippen LogP contribution in [0.25, 0.3) is 0 Å². The number of amides is 1. The summed E-state index contributed by atoms with van der Waals surface area (Å²) < 4.78 is 41.0. The lowest BCUT2D eigenvalue weighted by molar-refractivity contribution is -0.0900. The average Bonchev–Trinajstić information content (AvgIpc) is 2.66. The standard InChI is InChI=1S/C22H30F3N3O/c1-5-20(26-21(29)18-9-8-16(2)17(3)15-18)19(22(23,24)25)7-6-10-28-13-11-27(4)12-14-28/h5,7-9,15H,6,10-14H2,1-4H3,(H,26,29)/b19-7+,20-5+. The molecule has 1 aromatic carbocycles.